The molecule has 2 aromatic rings. The Morgan fingerprint density at radius 1 is 1.38 bits per heavy atom. The molecule has 84 valence electrons. The van der Waals surface area contributed by atoms with E-state index in [4.69, 9.17) is 0 Å². The van der Waals surface area contributed by atoms with Crippen LogP contribution in [0.1, 0.15) is 5.56 Å². The van der Waals surface area contributed by atoms with E-state index in [0.29, 0.717) is 5.56 Å². The fourth-order valence-corrected chi connectivity index (χ4v) is 1.50. The van der Waals surface area contributed by atoms with Crippen molar-refractivity contribution in [1.29, 1.82) is 0 Å². The molecule has 4 nitrogen and oxygen atoms in total. The fraction of sp³-hybridized carbons (Fsp3) is 0.182. The third kappa shape index (κ3) is 1.71. The summed E-state index contributed by atoms with van der Waals surface area (Å²) in [6, 6.07) is 6.23. The zero-order chi connectivity index (χ0) is 11.7. The van der Waals surface area contributed by atoms with E-state index in [2.05, 4.69) is 0 Å². The SMILES string of the molecule is Cn1c(O)cn(Cc2ccccc2F)c1=O. The van der Waals surface area contributed by atoms with Crippen molar-refractivity contribution in [3.05, 3.63) is 52.3 Å². The first-order valence-corrected chi connectivity index (χ1v) is 4.78. The highest BCUT2D eigenvalue weighted by Gasteiger charge is 2.08. The molecule has 0 spiro atoms. The summed E-state index contributed by atoms with van der Waals surface area (Å²) >= 11 is 0. The van der Waals surface area contributed by atoms with Crippen LogP contribution in [0.4, 0.5) is 4.39 Å². The number of aromatic nitrogens is 2. The second kappa shape index (κ2) is 3.84. The van der Waals surface area contributed by atoms with Gasteiger partial charge in [0, 0.05) is 12.6 Å². The second-order valence-electron chi connectivity index (χ2n) is 3.55. The van der Waals surface area contributed by atoms with Gasteiger partial charge in [-0.1, -0.05) is 18.2 Å². The van der Waals surface area contributed by atoms with E-state index in [1.807, 2.05) is 0 Å². The van der Waals surface area contributed by atoms with Gasteiger partial charge in [-0.3, -0.25) is 9.13 Å². The summed E-state index contributed by atoms with van der Waals surface area (Å²) in [5, 5.41) is 9.32. The highest BCUT2D eigenvalue weighted by atomic mass is 19.1. The number of nitrogens with zero attached hydrogens (tertiary/aromatic N) is 2. The van der Waals surface area contributed by atoms with Crippen LogP contribution in [0.2, 0.25) is 0 Å². The van der Waals surface area contributed by atoms with Crippen molar-refractivity contribution in [2.24, 2.45) is 7.05 Å². The van der Waals surface area contributed by atoms with Gasteiger partial charge in [0.15, 0.2) is 0 Å². The van der Waals surface area contributed by atoms with E-state index < -0.39 is 0 Å². The van der Waals surface area contributed by atoms with Crippen LogP contribution in [0.3, 0.4) is 0 Å². The molecule has 2 rings (SSSR count). The van der Waals surface area contributed by atoms with Crippen molar-refractivity contribution in [1.82, 2.24) is 9.13 Å². The second-order valence-corrected chi connectivity index (χ2v) is 3.55. The topological polar surface area (TPSA) is 47.2 Å². The van der Waals surface area contributed by atoms with Crippen molar-refractivity contribution in [2.45, 2.75) is 6.54 Å². The molecule has 0 aliphatic rings. The number of aromatic hydroxyl groups is 1. The van der Waals surface area contributed by atoms with Gasteiger partial charge in [0.1, 0.15) is 5.82 Å². The maximum Gasteiger partial charge on any atom is 0.331 e. The standard InChI is InChI=1S/C11H11FN2O2/c1-13-10(15)7-14(11(13)16)6-8-4-2-3-5-9(8)12/h2-5,7,15H,6H2,1H3. The van der Waals surface area contributed by atoms with Crippen molar-refractivity contribution < 1.29 is 9.50 Å². The Balaban J connectivity index is 2.38. The third-order valence-electron chi connectivity index (χ3n) is 2.45. The van der Waals surface area contributed by atoms with Crippen LogP contribution in [-0.2, 0) is 13.6 Å². The fourth-order valence-electron chi connectivity index (χ4n) is 1.50. The Labute approximate surface area is 91.2 Å². The minimum atomic E-state index is -0.374. The van der Waals surface area contributed by atoms with Crippen molar-refractivity contribution in [2.75, 3.05) is 0 Å². The Morgan fingerprint density at radius 3 is 2.62 bits per heavy atom. The molecule has 0 bridgehead atoms. The van der Waals surface area contributed by atoms with E-state index >= 15 is 0 Å². The molecule has 1 aromatic heterocycles. The van der Waals surface area contributed by atoms with Crippen molar-refractivity contribution >= 4 is 0 Å². The van der Waals surface area contributed by atoms with Gasteiger partial charge in [0.2, 0.25) is 5.88 Å². The third-order valence-corrected chi connectivity index (χ3v) is 2.45. The molecule has 0 amide bonds. The molecule has 0 fully saturated rings. The van der Waals surface area contributed by atoms with Crippen LogP contribution < -0.4 is 5.69 Å². The number of benzene rings is 1. The Kier molecular flexibility index (Phi) is 2.52. The summed E-state index contributed by atoms with van der Waals surface area (Å²) in [5.74, 6) is -0.501. The Bertz CT molecular complexity index is 572. The normalized spacial score (nSPS) is 10.6. The Morgan fingerprint density at radius 2 is 2.06 bits per heavy atom. The highest BCUT2D eigenvalue weighted by molar-refractivity contribution is 5.18. The summed E-state index contributed by atoms with van der Waals surface area (Å²) in [4.78, 5) is 11.5. The molecule has 0 atom stereocenters. The molecular weight excluding hydrogens is 211 g/mol. The van der Waals surface area contributed by atoms with Crippen LogP contribution >= 0.6 is 0 Å². The highest BCUT2D eigenvalue weighted by Crippen LogP contribution is 2.09. The van der Waals surface area contributed by atoms with Crippen molar-refractivity contribution in [3.63, 3.8) is 0 Å². The van der Waals surface area contributed by atoms with Crippen LogP contribution in [0, 0.1) is 5.82 Å². The minimum absolute atomic E-state index is 0.111. The molecule has 0 radical (unpaired) electrons. The summed E-state index contributed by atoms with van der Waals surface area (Å²) in [7, 11) is 1.45. The van der Waals surface area contributed by atoms with Gasteiger partial charge in [-0.05, 0) is 6.07 Å². The summed E-state index contributed by atoms with van der Waals surface area (Å²) in [6.07, 6.45) is 1.29. The number of imidazole rings is 1. The van der Waals surface area contributed by atoms with Crippen LogP contribution in [0.5, 0.6) is 5.88 Å². The molecule has 0 saturated heterocycles. The van der Waals surface area contributed by atoms with E-state index in [0.717, 1.165) is 4.57 Å². The van der Waals surface area contributed by atoms with Gasteiger partial charge in [-0.2, -0.15) is 0 Å². The van der Waals surface area contributed by atoms with Gasteiger partial charge in [-0.25, -0.2) is 9.18 Å². The number of halogens is 1. The van der Waals surface area contributed by atoms with Crippen molar-refractivity contribution in [3.8, 4) is 5.88 Å². The maximum atomic E-state index is 13.3. The molecule has 5 heteroatoms. The monoisotopic (exact) mass is 222 g/mol. The zero-order valence-electron chi connectivity index (χ0n) is 8.72. The lowest BCUT2D eigenvalue weighted by atomic mass is 10.2. The zero-order valence-corrected chi connectivity index (χ0v) is 8.72. The molecule has 0 saturated carbocycles. The molecule has 0 aliphatic carbocycles. The number of hydrogen-bond acceptors (Lipinski definition) is 2. The predicted molar refractivity (Wildman–Crippen MR) is 56.8 cm³/mol. The molecule has 0 unspecified atom stereocenters. The van der Waals surface area contributed by atoms with Crippen LogP contribution in [0.25, 0.3) is 0 Å². The van der Waals surface area contributed by atoms with Gasteiger partial charge in [-0.15, -0.1) is 0 Å². The predicted octanol–water partition coefficient (Wildman–Crippen LogP) is 1.08. The largest absolute Gasteiger partial charge is 0.493 e. The first-order chi connectivity index (χ1) is 7.59. The summed E-state index contributed by atoms with van der Waals surface area (Å²) in [6.45, 7) is 0.111. The van der Waals surface area contributed by atoms with E-state index in [9.17, 15) is 14.3 Å². The average molecular weight is 222 g/mol. The maximum absolute atomic E-state index is 13.3. The van der Waals surface area contributed by atoms with E-state index in [-0.39, 0.29) is 23.9 Å². The van der Waals surface area contributed by atoms with Crippen LogP contribution in [0.15, 0.2) is 35.3 Å². The molecule has 1 aromatic carbocycles. The molecule has 1 N–H and O–H groups in total. The quantitative estimate of drug-likeness (QED) is 0.826. The number of hydrogen-bond donors (Lipinski definition) is 1. The average Bonchev–Trinajstić information content (AvgIpc) is 2.50. The number of rotatable bonds is 2. The van der Waals surface area contributed by atoms with E-state index in [1.54, 1.807) is 18.2 Å². The minimum Gasteiger partial charge on any atom is -0.493 e. The smallest absolute Gasteiger partial charge is 0.331 e. The molecule has 0 aliphatic heterocycles. The molecule has 1 heterocycles. The molecular formula is C11H11FN2O2. The van der Waals surface area contributed by atoms with Crippen LogP contribution in [-0.4, -0.2) is 14.2 Å². The lowest BCUT2D eigenvalue weighted by Crippen LogP contribution is -2.22. The lowest BCUT2D eigenvalue weighted by Gasteiger charge is -2.02. The first kappa shape index (κ1) is 10.5. The first-order valence-electron chi connectivity index (χ1n) is 4.78. The van der Waals surface area contributed by atoms with Gasteiger partial charge >= 0.3 is 5.69 Å². The Hall–Kier alpha value is -2.04. The summed E-state index contributed by atoms with van der Waals surface area (Å²) < 4.78 is 15.7. The van der Waals surface area contributed by atoms with Gasteiger partial charge in [0.25, 0.3) is 0 Å². The summed E-state index contributed by atoms with van der Waals surface area (Å²) in [5.41, 5.74) is 0.0379. The lowest BCUT2D eigenvalue weighted by molar-refractivity contribution is 0.429. The van der Waals surface area contributed by atoms with Gasteiger partial charge < -0.3 is 5.11 Å². The van der Waals surface area contributed by atoms with E-state index in [1.165, 1.54) is 23.9 Å². The molecule has 16 heavy (non-hydrogen) atoms. The van der Waals surface area contributed by atoms with Gasteiger partial charge in [0.05, 0.1) is 12.7 Å².